The van der Waals surface area contributed by atoms with Crippen LogP contribution in [0.15, 0.2) is 60.7 Å². The van der Waals surface area contributed by atoms with E-state index in [1.54, 1.807) is 0 Å². The number of aliphatic hydroxyl groups is 2. The summed E-state index contributed by atoms with van der Waals surface area (Å²) in [6.07, 6.45) is 0. The van der Waals surface area contributed by atoms with Gasteiger partial charge in [-0.25, -0.2) is 0 Å². The Hall–Kier alpha value is -3.76. The van der Waals surface area contributed by atoms with Crippen LogP contribution < -0.4 is 0 Å². The number of allylic oxidation sites excluding steroid dienone is 1. The van der Waals surface area contributed by atoms with Crippen molar-refractivity contribution in [1.29, 1.82) is 0 Å². The highest BCUT2D eigenvalue weighted by Gasteiger charge is 2.20. The number of nitro benzene ring substituents is 2. The number of hydrogen-bond donors (Lipinski definition) is 2. The van der Waals surface area contributed by atoms with Gasteiger partial charge in [0.25, 0.3) is 11.4 Å². The van der Waals surface area contributed by atoms with Gasteiger partial charge in [-0.15, -0.1) is 0 Å². The molecule has 10 nitrogen and oxygen atoms in total. The molecular formula is C18H16N2O8. The van der Waals surface area contributed by atoms with Gasteiger partial charge in [0.05, 0.1) is 28.6 Å². The normalized spacial score (nSPS) is 9.64. The Labute approximate surface area is 158 Å². The molecule has 0 bridgehead atoms. The number of ketones is 2. The third-order valence-corrected chi connectivity index (χ3v) is 3.33. The van der Waals surface area contributed by atoms with Gasteiger partial charge in [-0.05, 0) is 24.3 Å². The molecule has 0 saturated heterocycles. The van der Waals surface area contributed by atoms with Crippen LogP contribution in [0, 0.1) is 20.2 Å². The zero-order valence-corrected chi connectivity index (χ0v) is 14.5. The molecule has 0 aliphatic carbocycles. The molecule has 10 heteroatoms. The molecular weight excluding hydrogens is 372 g/mol. The van der Waals surface area contributed by atoms with Crippen LogP contribution in [0.2, 0.25) is 0 Å². The highest BCUT2D eigenvalue weighted by atomic mass is 16.6. The summed E-state index contributed by atoms with van der Waals surface area (Å²) >= 11 is 0. The number of nitro groups is 2. The monoisotopic (exact) mass is 388 g/mol. The van der Waals surface area contributed by atoms with Gasteiger partial charge in [0.15, 0.2) is 11.6 Å². The van der Waals surface area contributed by atoms with Crippen molar-refractivity contribution in [2.75, 3.05) is 13.2 Å². The van der Waals surface area contributed by atoms with Crippen LogP contribution in [0.3, 0.4) is 0 Å². The van der Waals surface area contributed by atoms with Crippen molar-refractivity contribution in [3.63, 3.8) is 0 Å². The van der Waals surface area contributed by atoms with Crippen LogP contribution in [0.1, 0.15) is 20.7 Å². The largest absolute Gasteiger partial charge is 0.394 e. The van der Waals surface area contributed by atoms with Gasteiger partial charge < -0.3 is 10.2 Å². The highest BCUT2D eigenvalue weighted by molar-refractivity contribution is 6.30. The minimum absolute atomic E-state index is 0.0841. The van der Waals surface area contributed by atoms with Crippen LogP contribution in [0.4, 0.5) is 11.4 Å². The van der Waals surface area contributed by atoms with Crippen molar-refractivity contribution in [2.45, 2.75) is 0 Å². The lowest BCUT2D eigenvalue weighted by atomic mass is 9.97. The fourth-order valence-electron chi connectivity index (χ4n) is 1.92. The molecule has 0 aliphatic heterocycles. The van der Waals surface area contributed by atoms with Gasteiger partial charge in [-0.2, -0.15) is 0 Å². The fourth-order valence-corrected chi connectivity index (χ4v) is 1.92. The molecule has 0 spiro atoms. The number of non-ortho nitro benzene ring substituents is 2. The Morgan fingerprint density at radius 3 is 1.25 bits per heavy atom. The molecule has 0 aliphatic rings. The van der Waals surface area contributed by atoms with Crippen LogP contribution in [0.5, 0.6) is 0 Å². The third-order valence-electron chi connectivity index (χ3n) is 3.33. The lowest BCUT2D eigenvalue weighted by molar-refractivity contribution is -0.385. The van der Waals surface area contributed by atoms with Gasteiger partial charge in [0.1, 0.15) is 0 Å². The quantitative estimate of drug-likeness (QED) is 0.182. The first-order chi connectivity index (χ1) is 13.2. The Morgan fingerprint density at radius 2 is 1.04 bits per heavy atom. The first-order valence-corrected chi connectivity index (χ1v) is 7.71. The minimum atomic E-state index is -0.673. The molecule has 0 saturated carbocycles. The summed E-state index contributed by atoms with van der Waals surface area (Å²) in [4.78, 5) is 44.4. The molecule has 0 radical (unpaired) electrons. The smallest absolute Gasteiger partial charge is 0.269 e. The number of aliphatic hydroxyl groups excluding tert-OH is 2. The van der Waals surface area contributed by atoms with Crippen molar-refractivity contribution in [1.82, 2.24) is 0 Å². The number of carbonyl (C=O) groups excluding carboxylic acids is 2. The topological polar surface area (TPSA) is 161 Å². The first-order valence-electron chi connectivity index (χ1n) is 7.71. The number of hydrogen-bond acceptors (Lipinski definition) is 8. The van der Waals surface area contributed by atoms with E-state index in [0.29, 0.717) is 0 Å². The number of Topliss-reactive ketones (excluding diaryl/α,β-unsaturated/α-hetero) is 2. The maximum absolute atomic E-state index is 12.2. The van der Waals surface area contributed by atoms with Crippen molar-refractivity contribution in [2.24, 2.45) is 0 Å². The predicted octanol–water partition coefficient (Wildman–Crippen LogP) is 2.10. The molecule has 2 rings (SSSR count). The average Bonchev–Trinajstić information content (AvgIpc) is 2.72. The summed E-state index contributed by atoms with van der Waals surface area (Å²) in [6.45, 7) is 3.21. The van der Waals surface area contributed by atoms with Gasteiger partial charge in [-0.1, -0.05) is 6.58 Å². The van der Waals surface area contributed by atoms with Gasteiger partial charge in [-0.3, -0.25) is 29.8 Å². The maximum atomic E-state index is 12.2. The van der Waals surface area contributed by atoms with Crippen LogP contribution in [-0.2, 0) is 0 Å². The number of benzene rings is 2. The van der Waals surface area contributed by atoms with Crippen molar-refractivity contribution in [3.05, 3.63) is 92.0 Å². The number of carbonyl (C=O) groups is 2. The summed E-state index contributed by atoms with van der Waals surface area (Å²) in [5, 5.41) is 36.4. The Bertz CT molecular complexity index is 815. The molecule has 0 fully saturated rings. The SMILES string of the molecule is C=C(C(=O)c1ccc([N+](=O)[O-])cc1)C(=O)c1ccc([N+](=O)[O-])cc1.OCCO. The van der Waals surface area contributed by atoms with Gasteiger partial charge in [0, 0.05) is 35.4 Å². The Kier molecular flexibility index (Phi) is 8.28. The molecule has 2 aromatic rings. The van der Waals surface area contributed by atoms with E-state index in [2.05, 4.69) is 6.58 Å². The molecule has 146 valence electrons. The van der Waals surface area contributed by atoms with E-state index in [4.69, 9.17) is 10.2 Å². The second-order valence-corrected chi connectivity index (χ2v) is 5.19. The summed E-state index contributed by atoms with van der Waals surface area (Å²) in [5.41, 5.74) is -0.530. The van der Waals surface area contributed by atoms with E-state index in [1.807, 2.05) is 0 Å². The molecule has 2 N–H and O–H groups in total. The van der Waals surface area contributed by atoms with Crippen molar-refractivity contribution >= 4 is 22.9 Å². The highest BCUT2D eigenvalue weighted by Crippen LogP contribution is 2.18. The number of nitrogens with zero attached hydrogens (tertiary/aromatic N) is 2. The summed E-state index contributed by atoms with van der Waals surface area (Å²) in [6, 6.07) is 9.52. The van der Waals surface area contributed by atoms with E-state index in [1.165, 1.54) is 24.3 Å². The zero-order valence-electron chi connectivity index (χ0n) is 14.5. The predicted molar refractivity (Wildman–Crippen MR) is 98.2 cm³/mol. The molecule has 0 heterocycles. The lowest BCUT2D eigenvalue weighted by Crippen LogP contribution is -2.12. The van der Waals surface area contributed by atoms with E-state index >= 15 is 0 Å². The van der Waals surface area contributed by atoms with E-state index in [9.17, 15) is 29.8 Å². The Balaban J connectivity index is 0.000000892. The molecule has 0 unspecified atom stereocenters. The average molecular weight is 388 g/mol. The lowest BCUT2D eigenvalue weighted by Gasteiger charge is -2.04. The van der Waals surface area contributed by atoms with Crippen molar-refractivity contribution < 1.29 is 29.6 Å². The second-order valence-electron chi connectivity index (χ2n) is 5.19. The molecule has 2 aromatic carbocycles. The number of rotatable bonds is 7. The maximum Gasteiger partial charge on any atom is 0.269 e. The third kappa shape index (κ3) is 5.90. The van der Waals surface area contributed by atoms with Crippen molar-refractivity contribution in [3.8, 4) is 0 Å². The molecule has 0 aromatic heterocycles. The summed E-state index contributed by atoms with van der Waals surface area (Å²) in [7, 11) is 0. The van der Waals surface area contributed by atoms with Crippen LogP contribution >= 0.6 is 0 Å². The molecule has 28 heavy (non-hydrogen) atoms. The van der Waals surface area contributed by atoms with Gasteiger partial charge in [0.2, 0.25) is 0 Å². The van der Waals surface area contributed by atoms with Crippen LogP contribution in [0.25, 0.3) is 0 Å². The van der Waals surface area contributed by atoms with E-state index in [-0.39, 0.29) is 41.3 Å². The van der Waals surface area contributed by atoms with E-state index < -0.39 is 21.4 Å². The van der Waals surface area contributed by atoms with E-state index in [0.717, 1.165) is 24.3 Å². The molecule has 0 amide bonds. The second kappa shape index (κ2) is 10.4. The summed E-state index contributed by atoms with van der Waals surface area (Å²) < 4.78 is 0. The standard InChI is InChI=1S/C16H10N2O6.C2H6O2/c1-10(15(19)11-2-6-13(7-3-11)17(21)22)16(20)12-4-8-14(9-5-12)18(23)24;3-1-2-4/h2-9H,1H2;3-4H,1-2H2. The minimum Gasteiger partial charge on any atom is -0.394 e. The Morgan fingerprint density at radius 1 is 0.750 bits per heavy atom. The van der Waals surface area contributed by atoms with Gasteiger partial charge >= 0.3 is 0 Å². The molecule has 0 atom stereocenters. The van der Waals surface area contributed by atoms with Crippen LogP contribution in [-0.4, -0.2) is 44.8 Å². The zero-order chi connectivity index (χ0) is 21.3. The summed E-state index contributed by atoms with van der Waals surface area (Å²) in [5.74, 6) is -1.35. The first kappa shape index (κ1) is 22.3. The fraction of sp³-hybridized carbons (Fsp3) is 0.111.